The fraction of sp³-hybridized carbons (Fsp3) is 0.323. The Bertz CT molecular complexity index is 1440. The van der Waals surface area contributed by atoms with Gasteiger partial charge in [0.2, 0.25) is 11.7 Å². The SMILES string of the molecule is CCC(=O)CCCCCC(C(=O)NCc1cccnc1)C1=NC=C(c2ccc3ccccc3c2)[NH2+]1.O=C([O-])C(F)(F)F. The van der Waals surface area contributed by atoms with Gasteiger partial charge in [-0.1, -0.05) is 56.2 Å². The normalized spacial score (nSPS) is 13.4. The van der Waals surface area contributed by atoms with Crippen molar-refractivity contribution in [1.82, 2.24) is 10.3 Å². The van der Waals surface area contributed by atoms with Gasteiger partial charge in [-0.15, -0.1) is 0 Å². The van der Waals surface area contributed by atoms with Gasteiger partial charge in [-0.3, -0.25) is 19.9 Å². The van der Waals surface area contributed by atoms with Gasteiger partial charge in [-0.2, -0.15) is 13.2 Å². The lowest BCUT2D eigenvalue weighted by molar-refractivity contribution is -0.435. The fourth-order valence-electron chi connectivity index (χ4n) is 4.35. The van der Waals surface area contributed by atoms with E-state index in [1.807, 2.05) is 42.7 Å². The zero-order valence-electron chi connectivity index (χ0n) is 23.2. The number of unbranched alkanes of at least 4 members (excludes halogenated alkanes) is 2. The van der Waals surface area contributed by atoms with E-state index in [-0.39, 0.29) is 11.8 Å². The summed E-state index contributed by atoms with van der Waals surface area (Å²) in [5.41, 5.74) is 3.07. The number of aromatic nitrogens is 1. The molecule has 0 bridgehead atoms. The average Bonchev–Trinajstić information content (AvgIpc) is 3.47. The van der Waals surface area contributed by atoms with E-state index in [1.165, 1.54) is 10.8 Å². The number of carboxylic acid groups (broad SMARTS) is 1. The molecule has 11 heteroatoms. The standard InChI is InChI=1S/C29H32N4O2.C2HF3O2/c1-2-25(34)12-4-3-5-13-26(29(35)32-19-21-9-8-16-30-18-21)28-31-20-27(33-28)24-15-14-22-10-6-7-11-23(22)17-24;3-2(4,5)1(6)7/h6-11,14-18,20,26H,2-5,12-13,19H2,1H3,(H,31,33)(H,32,35);(H,6,7). The van der Waals surface area contributed by atoms with Crippen molar-refractivity contribution in [1.29, 1.82) is 0 Å². The highest BCUT2D eigenvalue weighted by Gasteiger charge is 2.31. The molecule has 2 heterocycles. The van der Waals surface area contributed by atoms with Gasteiger partial charge in [0.25, 0.3) is 0 Å². The number of hydrogen-bond acceptors (Lipinski definition) is 6. The van der Waals surface area contributed by atoms with Crippen molar-refractivity contribution in [3.8, 4) is 0 Å². The number of ketones is 1. The highest BCUT2D eigenvalue weighted by molar-refractivity contribution is 6.01. The molecular weight excluding hydrogens is 549 g/mol. The number of benzene rings is 2. The van der Waals surface area contributed by atoms with E-state index in [0.29, 0.717) is 31.6 Å². The largest absolute Gasteiger partial charge is 0.542 e. The number of hydrogen-bond donors (Lipinski definition) is 2. The first kappa shape index (κ1) is 32.1. The number of halogens is 3. The van der Waals surface area contributed by atoms with E-state index in [2.05, 4.69) is 45.6 Å². The van der Waals surface area contributed by atoms with Crippen LogP contribution in [0.1, 0.15) is 56.6 Å². The maximum absolute atomic E-state index is 13.2. The molecule has 0 radical (unpaired) electrons. The Morgan fingerprint density at radius 2 is 1.74 bits per heavy atom. The topological polar surface area (TPSA) is 128 Å². The van der Waals surface area contributed by atoms with Crippen LogP contribution in [0.4, 0.5) is 13.2 Å². The summed E-state index contributed by atoms with van der Waals surface area (Å²) in [5, 5.41) is 16.3. The molecule has 1 amide bonds. The highest BCUT2D eigenvalue weighted by atomic mass is 19.4. The van der Waals surface area contributed by atoms with Gasteiger partial charge in [0.15, 0.2) is 5.70 Å². The van der Waals surface area contributed by atoms with Gasteiger partial charge < -0.3 is 15.2 Å². The molecule has 3 N–H and O–H groups in total. The number of aliphatic carboxylic acids is 1. The number of amides is 1. The monoisotopic (exact) mass is 582 g/mol. The molecule has 1 unspecified atom stereocenters. The lowest BCUT2D eigenvalue weighted by Gasteiger charge is -2.15. The minimum Gasteiger partial charge on any atom is -0.542 e. The van der Waals surface area contributed by atoms with Crippen molar-refractivity contribution >= 4 is 40.0 Å². The molecule has 222 valence electrons. The molecule has 1 aliphatic rings. The molecule has 1 aromatic heterocycles. The molecule has 0 saturated heterocycles. The van der Waals surface area contributed by atoms with Crippen LogP contribution in [0.3, 0.4) is 0 Å². The molecule has 0 spiro atoms. The maximum atomic E-state index is 13.2. The quantitative estimate of drug-likeness (QED) is 0.315. The van der Waals surface area contributed by atoms with Crippen molar-refractivity contribution in [3.05, 3.63) is 84.3 Å². The minimum absolute atomic E-state index is 0.0263. The molecule has 0 saturated carbocycles. The zero-order valence-corrected chi connectivity index (χ0v) is 23.2. The number of nitrogens with two attached hydrogens (primary N) is 1. The van der Waals surface area contributed by atoms with Crippen molar-refractivity contribution in [2.24, 2.45) is 10.9 Å². The number of fused-ring (bicyclic) bond motifs is 1. The summed E-state index contributed by atoms with van der Waals surface area (Å²) < 4.78 is 31.5. The molecule has 1 atom stereocenters. The van der Waals surface area contributed by atoms with Crippen LogP contribution in [0.5, 0.6) is 0 Å². The molecule has 42 heavy (non-hydrogen) atoms. The van der Waals surface area contributed by atoms with Gasteiger partial charge in [-0.05, 0) is 47.4 Å². The summed E-state index contributed by atoms with van der Waals surface area (Å²) in [6, 6.07) is 18.5. The van der Waals surface area contributed by atoms with E-state index in [0.717, 1.165) is 41.9 Å². The van der Waals surface area contributed by atoms with Crippen LogP contribution in [0.25, 0.3) is 16.5 Å². The van der Waals surface area contributed by atoms with Crippen molar-refractivity contribution in [2.45, 2.75) is 58.2 Å². The molecule has 4 rings (SSSR count). The van der Waals surface area contributed by atoms with Crippen LogP contribution in [0, 0.1) is 5.92 Å². The number of quaternary nitrogens is 1. The van der Waals surface area contributed by atoms with Crippen LogP contribution in [0.2, 0.25) is 0 Å². The predicted octanol–water partition coefficient (Wildman–Crippen LogP) is 3.67. The highest BCUT2D eigenvalue weighted by Crippen LogP contribution is 2.21. The Morgan fingerprint density at radius 1 is 1.00 bits per heavy atom. The van der Waals surface area contributed by atoms with Gasteiger partial charge >= 0.3 is 6.18 Å². The van der Waals surface area contributed by atoms with Crippen molar-refractivity contribution in [3.63, 3.8) is 0 Å². The van der Waals surface area contributed by atoms with Crippen LogP contribution in [-0.2, 0) is 20.9 Å². The number of amidine groups is 1. The third-order valence-electron chi connectivity index (χ3n) is 6.68. The van der Waals surface area contributed by atoms with E-state index >= 15 is 0 Å². The van der Waals surface area contributed by atoms with Gasteiger partial charge in [0.1, 0.15) is 17.7 Å². The van der Waals surface area contributed by atoms with Gasteiger partial charge in [0.05, 0.1) is 6.20 Å². The van der Waals surface area contributed by atoms with Crippen LogP contribution >= 0.6 is 0 Å². The first-order valence-electron chi connectivity index (χ1n) is 13.7. The maximum Gasteiger partial charge on any atom is 0.430 e. The molecule has 8 nitrogen and oxygen atoms in total. The summed E-state index contributed by atoms with van der Waals surface area (Å²) in [6.07, 6.45) is 4.74. The van der Waals surface area contributed by atoms with Crippen LogP contribution < -0.4 is 15.7 Å². The fourth-order valence-corrected chi connectivity index (χ4v) is 4.35. The Balaban J connectivity index is 0.000000616. The Morgan fingerprint density at radius 3 is 2.40 bits per heavy atom. The lowest BCUT2D eigenvalue weighted by Crippen LogP contribution is -2.85. The predicted molar refractivity (Wildman–Crippen MR) is 150 cm³/mol. The first-order chi connectivity index (χ1) is 20.1. The number of aliphatic imine (C=N–C) groups is 1. The van der Waals surface area contributed by atoms with Crippen LogP contribution in [-0.4, -0.2) is 34.7 Å². The lowest BCUT2D eigenvalue weighted by atomic mass is 9.97. The van der Waals surface area contributed by atoms with E-state index in [1.54, 1.807) is 12.4 Å². The molecular formula is C31H33F3N4O4. The number of carbonyl (C=O) groups excluding carboxylic acids is 3. The second kappa shape index (κ2) is 15.6. The smallest absolute Gasteiger partial charge is 0.430 e. The number of pyridine rings is 1. The molecule has 1 aliphatic heterocycles. The third kappa shape index (κ3) is 9.91. The molecule has 0 fully saturated rings. The number of rotatable bonds is 12. The van der Waals surface area contributed by atoms with Gasteiger partial charge in [-0.25, -0.2) is 4.99 Å². The third-order valence-corrected chi connectivity index (χ3v) is 6.68. The number of nitrogens with zero attached hydrogens (tertiary/aromatic N) is 2. The summed E-state index contributed by atoms with van der Waals surface area (Å²) in [5.74, 6) is -2.27. The molecule has 3 aromatic rings. The van der Waals surface area contributed by atoms with E-state index in [4.69, 9.17) is 9.90 Å². The Labute approximate surface area is 241 Å². The second-order valence-corrected chi connectivity index (χ2v) is 9.75. The zero-order chi connectivity index (χ0) is 30.5. The summed E-state index contributed by atoms with van der Waals surface area (Å²) in [4.78, 5) is 42.4. The summed E-state index contributed by atoms with van der Waals surface area (Å²) in [6.45, 7) is 2.34. The van der Waals surface area contributed by atoms with E-state index in [9.17, 15) is 22.8 Å². The van der Waals surface area contributed by atoms with Crippen LogP contribution in [0.15, 0.2) is 78.2 Å². The number of Topliss-reactive ketones (excluding diaryl/α,β-unsaturated/α-hetero) is 1. The molecule has 2 aromatic carbocycles. The second-order valence-electron chi connectivity index (χ2n) is 9.75. The average molecular weight is 583 g/mol. The summed E-state index contributed by atoms with van der Waals surface area (Å²) >= 11 is 0. The van der Waals surface area contributed by atoms with Crippen molar-refractivity contribution < 1.29 is 38.0 Å². The Kier molecular flexibility index (Phi) is 11.9. The van der Waals surface area contributed by atoms with E-state index < -0.39 is 12.1 Å². The van der Waals surface area contributed by atoms with Crippen molar-refractivity contribution in [2.75, 3.05) is 0 Å². The number of carbonyl (C=O) groups is 3. The number of nitrogens with one attached hydrogen (secondary N) is 1. The minimum atomic E-state index is -5.19. The number of carboxylic acids is 1. The summed E-state index contributed by atoms with van der Waals surface area (Å²) in [7, 11) is 0. The molecule has 0 aliphatic carbocycles. The first-order valence-corrected chi connectivity index (χ1v) is 13.7. The number of alkyl halides is 3. The van der Waals surface area contributed by atoms with Gasteiger partial charge in [0, 0.05) is 37.3 Å². The Hall–Kier alpha value is -4.38.